The molecule has 0 unspecified atom stereocenters. The number of nitrogens with one attached hydrogen (secondary N) is 1. The summed E-state index contributed by atoms with van der Waals surface area (Å²) in [5, 5.41) is 4.58. The van der Waals surface area contributed by atoms with Crippen molar-refractivity contribution in [1.29, 1.82) is 0 Å². The normalized spacial score (nSPS) is 11.2. The van der Waals surface area contributed by atoms with Gasteiger partial charge in [0.2, 0.25) is 0 Å². The van der Waals surface area contributed by atoms with E-state index in [2.05, 4.69) is 5.10 Å². The van der Waals surface area contributed by atoms with Crippen LogP contribution in [0.2, 0.25) is 0 Å². The van der Waals surface area contributed by atoms with Crippen LogP contribution in [0.1, 0.15) is 16.1 Å². The highest BCUT2D eigenvalue weighted by atomic mass is 19.4. The molecule has 0 aliphatic rings. The van der Waals surface area contributed by atoms with Crippen molar-refractivity contribution in [2.75, 3.05) is 5.32 Å². The highest BCUT2D eigenvalue weighted by molar-refractivity contribution is 6.18. The second-order valence-corrected chi connectivity index (χ2v) is 5.19. The van der Waals surface area contributed by atoms with E-state index in [1.54, 1.807) is 5.32 Å². The predicted molar refractivity (Wildman–Crippen MR) is 79.3 cm³/mol. The summed E-state index contributed by atoms with van der Waals surface area (Å²) in [5.41, 5.74) is 0.952. The van der Waals surface area contributed by atoms with Crippen molar-refractivity contribution in [2.24, 2.45) is 12.8 Å². The van der Waals surface area contributed by atoms with E-state index in [4.69, 9.17) is 5.73 Å². The molecule has 2 rings (SSSR count). The summed E-state index contributed by atoms with van der Waals surface area (Å²) in [5.74, 6) is -7.26. The van der Waals surface area contributed by atoms with Crippen LogP contribution in [0.4, 0.5) is 41.6 Å². The van der Waals surface area contributed by atoms with Crippen molar-refractivity contribution in [3.05, 3.63) is 47.0 Å². The Hall–Kier alpha value is -3.58. The summed E-state index contributed by atoms with van der Waals surface area (Å²) in [6.45, 7) is 0. The maximum absolute atomic E-state index is 13.6. The first-order chi connectivity index (χ1) is 12.8. The van der Waals surface area contributed by atoms with Crippen molar-refractivity contribution in [1.82, 2.24) is 14.7 Å². The average Bonchev–Trinajstić information content (AvgIpc) is 2.97. The van der Waals surface area contributed by atoms with Crippen molar-refractivity contribution in [3.8, 4) is 0 Å². The molecule has 28 heavy (non-hydrogen) atoms. The topological polar surface area (TPSA) is 110 Å². The highest BCUT2D eigenvalue weighted by Gasteiger charge is 2.42. The molecule has 0 fully saturated rings. The van der Waals surface area contributed by atoms with Gasteiger partial charge in [-0.1, -0.05) is 0 Å². The zero-order valence-corrected chi connectivity index (χ0v) is 13.6. The lowest BCUT2D eigenvalue weighted by Gasteiger charge is -2.18. The van der Waals surface area contributed by atoms with Crippen molar-refractivity contribution in [2.45, 2.75) is 6.18 Å². The molecule has 0 spiro atoms. The number of anilines is 1. The van der Waals surface area contributed by atoms with Gasteiger partial charge in [-0.3, -0.25) is 9.48 Å². The molecule has 3 N–H and O–H groups in total. The zero-order valence-electron chi connectivity index (χ0n) is 13.6. The fourth-order valence-corrected chi connectivity index (χ4v) is 2.06. The van der Waals surface area contributed by atoms with Crippen LogP contribution in [0.3, 0.4) is 0 Å². The SMILES string of the molecule is Cn1cc(C(=O)N(C(N)=O)C(=O)Nc2ccc(F)c(F)c2F)c(C(F)(F)F)n1. The summed E-state index contributed by atoms with van der Waals surface area (Å²) < 4.78 is 79.3. The van der Waals surface area contributed by atoms with Gasteiger partial charge in [0.05, 0.1) is 11.3 Å². The van der Waals surface area contributed by atoms with E-state index < -0.39 is 63.4 Å². The summed E-state index contributed by atoms with van der Waals surface area (Å²) in [6, 6.07) is -2.64. The molecule has 14 heteroatoms. The van der Waals surface area contributed by atoms with Crippen LogP contribution >= 0.6 is 0 Å². The predicted octanol–water partition coefficient (Wildman–Crippen LogP) is 2.61. The van der Waals surface area contributed by atoms with Crippen LogP contribution in [0.5, 0.6) is 0 Å². The Kier molecular flexibility index (Phi) is 5.33. The van der Waals surface area contributed by atoms with E-state index in [0.717, 1.165) is 7.05 Å². The molecular formula is C14H9F6N5O3. The monoisotopic (exact) mass is 409 g/mol. The average molecular weight is 409 g/mol. The van der Waals surface area contributed by atoms with Gasteiger partial charge in [-0.25, -0.2) is 22.8 Å². The lowest BCUT2D eigenvalue weighted by atomic mass is 10.2. The Morgan fingerprint density at radius 1 is 1.14 bits per heavy atom. The molecule has 0 radical (unpaired) electrons. The Balaban J connectivity index is 2.41. The van der Waals surface area contributed by atoms with Gasteiger partial charge in [0, 0.05) is 13.2 Å². The standard InChI is InChI=1S/C14H9F6N5O3/c1-24-4-5(10(23-24)14(18,19)20)11(26)25(12(21)27)13(28)22-7-3-2-6(15)8(16)9(7)17/h2-4H,1H3,(H2,21,27)(H,22,28). The number of benzene rings is 1. The zero-order chi connectivity index (χ0) is 21.4. The lowest BCUT2D eigenvalue weighted by Crippen LogP contribution is -2.47. The maximum atomic E-state index is 13.6. The number of urea groups is 2. The van der Waals surface area contributed by atoms with Gasteiger partial charge in [0.15, 0.2) is 23.1 Å². The van der Waals surface area contributed by atoms with Gasteiger partial charge in [-0.2, -0.15) is 23.2 Å². The largest absolute Gasteiger partial charge is 0.435 e. The van der Waals surface area contributed by atoms with Gasteiger partial charge >= 0.3 is 18.2 Å². The van der Waals surface area contributed by atoms with Crippen LogP contribution in [0.25, 0.3) is 0 Å². The molecule has 0 atom stereocenters. The summed E-state index contributed by atoms with van der Waals surface area (Å²) in [7, 11) is 1.04. The number of hydrogen-bond donors (Lipinski definition) is 2. The number of halogens is 6. The first-order valence-electron chi connectivity index (χ1n) is 7.03. The third-order valence-corrected chi connectivity index (χ3v) is 3.23. The molecule has 5 amide bonds. The van der Waals surface area contributed by atoms with Crippen molar-refractivity contribution >= 4 is 23.7 Å². The smallest absolute Gasteiger partial charge is 0.351 e. The Morgan fingerprint density at radius 3 is 2.29 bits per heavy atom. The molecule has 8 nitrogen and oxygen atoms in total. The number of carbonyl (C=O) groups is 3. The van der Waals surface area contributed by atoms with Crippen molar-refractivity contribution < 1.29 is 40.7 Å². The Labute approximate surface area is 151 Å². The van der Waals surface area contributed by atoms with Gasteiger partial charge in [0.1, 0.15) is 0 Å². The van der Waals surface area contributed by atoms with E-state index in [9.17, 15) is 40.7 Å². The van der Waals surface area contributed by atoms with Gasteiger partial charge in [0.25, 0.3) is 5.91 Å². The Bertz CT molecular complexity index is 971. The molecular weight excluding hydrogens is 400 g/mol. The number of hydrogen-bond acceptors (Lipinski definition) is 4. The quantitative estimate of drug-likeness (QED) is 0.587. The first-order valence-corrected chi connectivity index (χ1v) is 7.03. The minimum absolute atomic E-state index is 0.424. The van der Waals surface area contributed by atoms with E-state index in [-0.39, 0.29) is 0 Å². The van der Waals surface area contributed by atoms with E-state index >= 15 is 0 Å². The van der Waals surface area contributed by atoms with Crippen LogP contribution in [-0.2, 0) is 13.2 Å². The second-order valence-electron chi connectivity index (χ2n) is 5.19. The van der Waals surface area contributed by atoms with Gasteiger partial charge in [-0.15, -0.1) is 0 Å². The molecule has 1 heterocycles. The molecule has 2 aromatic rings. The molecule has 0 aliphatic carbocycles. The molecule has 150 valence electrons. The molecule has 0 saturated carbocycles. The van der Waals surface area contributed by atoms with E-state index in [0.29, 0.717) is 23.0 Å². The van der Waals surface area contributed by atoms with Crippen molar-refractivity contribution in [3.63, 3.8) is 0 Å². The molecule has 0 saturated heterocycles. The number of imide groups is 3. The van der Waals surface area contributed by atoms with Gasteiger partial charge < -0.3 is 11.1 Å². The number of aromatic nitrogens is 2. The number of nitrogens with two attached hydrogens (primary N) is 1. The number of amides is 5. The number of carbonyl (C=O) groups excluding carboxylic acids is 3. The summed E-state index contributed by atoms with van der Waals surface area (Å²) in [6.07, 6.45) is -4.54. The number of alkyl halides is 3. The van der Waals surface area contributed by atoms with Crippen LogP contribution in [-0.4, -0.2) is 32.6 Å². The fourth-order valence-electron chi connectivity index (χ4n) is 2.06. The molecule has 0 aliphatic heterocycles. The number of primary amides is 1. The maximum Gasteiger partial charge on any atom is 0.435 e. The van der Waals surface area contributed by atoms with E-state index in [1.807, 2.05) is 0 Å². The fraction of sp³-hybridized carbons (Fsp3) is 0.143. The highest BCUT2D eigenvalue weighted by Crippen LogP contribution is 2.31. The van der Waals surface area contributed by atoms with Crippen LogP contribution < -0.4 is 11.1 Å². The lowest BCUT2D eigenvalue weighted by molar-refractivity contribution is -0.141. The number of rotatable bonds is 2. The van der Waals surface area contributed by atoms with Gasteiger partial charge in [-0.05, 0) is 12.1 Å². The molecule has 0 bridgehead atoms. The minimum atomic E-state index is -5.11. The third kappa shape index (κ3) is 3.89. The minimum Gasteiger partial charge on any atom is -0.351 e. The van der Waals surface area contributed by atoms with E-state index in [1.165, 1.54) is 0 Å². The van der Waals surface area contributed by atoms with Crippen LogP contribution in [0.15, 0.2) is 18.3 Å². The summed E-state index contributed by atoms with van der Waals surface area (Å²) in [4.78, 5) is 35.3. The number of nitrogens with zero attached hydrogens (tertiary/aromatic N) is 3. The Morgan fingerprint density at radius 2 is 1.75 bits per heavy atom. The second kappa shape index (κ2) is 7.21. The molecule has 1 aromatic carbocycles. The summed E-state index contributed by atoms with van der Waals surface area (Å²) >= 11 is 0. The third-order valence-electron chi connectivity index (χ3n) is 3.23. The molecule has 1 aromatic heterocycles. The number of aryl methyl sites for hydroxylation is 1. The first kappa shape index (κ1) is 20.7. The van der Waals surface area contributed by atoms with Crippen LogP contribution in [0, 0.1) is 17.5 Å².